The molecule has 0 radical (unpaired) electrons. The Labute approximate surface area is 174 Å². The normalized spacial score (nSPS) is 21.8. The molecule has 0 unspecified atom stereocenters. The monoisotopic (exact) mass is 413 g/mol. The summed E-state index contributed by atoms with van der Waals surface area (Å²) in [4.78, 5) is 29.9. The van der Waals surface area contributed by atoms with Gasteiger partial charge in [0.05, 0.1) is 19.7 Å². The molecule has 30 heavy (non-hydrogen) atoms. The van der Waals surface area contributed by atoms with Gasteiger partial charge >= 0.3 is 6.09 Å². The number of amides is 2. The van der Waals surface area contributed by atoms with Gasteiger partial charge in [-0.2, -0.15) is 5.10 Å². The number of rotatable bonds is 7. The van der Waals surface area contributed by atoms with E-state index in [1.165, 1.54) is 0 Å². The molecule has 4 rings (SSSR count). The third-order valence-corrected chi connectivity index (χ3v) is 6.21. The summed E-state index contributed by atoms with van der Waals surface area (Å²) in [5, 5.41) is 19.7. The molecule has 0 saturated heterocycles. The van der Waals surface area contributed by atoms with E-state index in [0.29, 0.717) is 17.3 Å². The van der Waals surface area contributed by atoms with Gasteiger partial charge in [0.1, 0.15) is 5.75 Å². The van der Waals surface area contributed by atoms with E-state index >= 15 is 0 Å². The highest BCUT2D eigenvalue weighted by atomic mass is 16.5. The zero-order valence-electron chi connectivity index (χ0n) is 17.2. The van der Waals surface area contributed by atoms with Crippen LogP contribution in [0.1, 0.15) is 56.3 Å². The Balaban J connectivity index is 1.33. The molecule has 2 aromatic rings. The lowest BCUT2D eigenvalue weighted by molar-refractivity contribution is -0.115. The first-order chi connectivity index (χ1) is 14.4. The maximum atomic E-state index is 12.3. The quantitative estimate of drug-likeness (QED) is 0.641. The van der Waals surface area contributed by atoms with Gasteiger partial charge in [-0.1, -0.05) is 0 Å². The third-order valence-electron chi connectivity index (χ3n) is 6.21. The number of nitrogens with one attached hydrogen (secondary N) is 2. The van der Waals surface area contributed by atoms with Crippen molar-refractivity contribution >= 4 is 17.8 Å². The lowest BCUT2D eigenvalue weighted by atomic mass is 10.0. The lowest BCUT2D eigenvalue weighted by Gasteiger charge is -2.32. The van der Waals surface area contributed by atoms with Crippen molar-refractivity contribution in [3.8, 4) is 5.75 Å². The average molecular weight is 413 g/mol. The van der Waals surface area contributed by atoms with E-state index < -0.39 is 6.09 Å². The highest BCUT2D eigenvalue weighted by molar-refractivity contribution is 5.91. The summed E-state index contributed by atoms with van der Waals surface area (Å²) in [6, 6.07) is 5.39. The van der Waals surface area contributed by atoms with Gasteiger partial charge in [0, 0.05) is 35.0 Å². The van der Waals surface area contributed by atoms with Crippen molar-refractivity contribution in [2.24, 2.45) is 0 Å². The van der Waals surface area contributed by atoms with E-state index in [4.69, 9.17) is 4.74 Å². The number of carboxylic acid groups (broad SMARTS) is 1. The zero-order chi connectivity index (χ0) is 21.3. The van der Waals surface area contributed by atoms with Crippen LogP contribution >= 0.6 is 0 Å². The fourth-order valence-corrected chi connectivity index (χ4v) is 4.32. The van der Waals surface area contributed by atoms with Crippen LogP contribution in [-0.4, -0.2) is 55.9 Å². The van der Waals surface area contributed by atoms with Crippen LogP contribution in [0.15, 0.2) is 24.4 Å². The molecule has 2 aliphatic carbocycles. The van der Waals surface area contributed by atoms with Crippen LogP contribution in [0.4, 0.5) is 10.6 Å². The molecule has 0 bridgehead atoms. The van der Waals surface area contributed by atoms with E-state index in [1.54, 1.807) is 30.3 Å². The van der Waals surface area contributed by atoms with E-state index in [-0.39, 0.29) is 29.8 Å². The Kier molecular flexibility index (Phi) is 5.36. The van der Waals surface area contributed by atoms with E-state index in [2.05, 4.69) is 20.5 Å². The maximum Gasteiger partial charge on any atom is 0.408 e. The number of methoxy groups -OCH3 is 1. The Morgan fingerprint density at radius 1 is 1.37 bits per heavy atom. The fourth-order valence-electron chi connectivity index (χ4n) is 4.32. The van der Waals surface area contributed by atoms with Gasteiger partial charge in [-0.15, -0.1) is 0 Å². The zero-order valence-corrected chi connectivity index (χ0v) is 17.2. The van der Waals surface area contributed by atoms with Gasteiger partial charge in [-0.3, -0.25) is 19.8 Å². The summed E-state index contributed by atoms with van der Waals surface area (Å²) in [6.45, 7) is 2.02. The highest BCUT2D eigenvalue weighted by Gasteiger charge is 2.50. The molecule has 0 spiro atoms. The van der Waals surface area contributed by atoms with E-state index in [0.717, 1.165) is 37.8 Å². The molecule has 3 N–H and O–H groups in total. The molecule has 160 valence electrons. The van der Waals surface area contributed by atoms with Crippen molar-refractivity contribution in [1.82, 2.24) is 20.1 Å². The molecule has 0 aliphatic heterocycles. The van der Waals surface area contributed by atoms with Gasteiger partial charge in [0.2, 0.25) is 5.91 Å². The van der Waals surface area contributed by atoms with Crippen LogP contribution in [0, 0.1) is 0 Å². The molecule has 2 aromatic heterocycles. The smallest absolute Gasteiger partial charge is 0.408 e. The number of aromatic amines is 1. The molecule has 2 heterocycles. The summed E-state index contributed by atoms with van der Waals surface area (Å²) in [7, 11) is 1.57. The molecule has 2 aliphatic rings. The average Bonchev–Trinajstić information content (AvgIpc) is 3.09. The first kappa shape index (κ1) is 20.2. The predicted octanol–water partition coefficient (Wildman–Crippen LogP) is 3.16. The minimum absolute atomic E-state index is 0.0301. The van der Waals surface area contributed by atoms with Crippen LogP contribution in [0.2, 0.25) is 0 Å². The van der Waals surface area contributed by atoms with Crippen LogP contribution in [0.5, 0.6) is 5.75 Å². The van der Waals surface area contributed by atoms with Crippen molar-refractivity contribution in [2.45, 2.75) is 62.9 Å². The van der Waals surface area contributed by atoms with Crippen molar-refractivity contribution in [3.05, 3.63) is 35.8 Å². The second-order valence-corrected chi connectivity index (χ2v) is 8.44. The van der Waals surface area contributed by atoms with Crippen molar-refractivity contribution < 1.29 is 19.4 Å². The summed E-state index contributed by atoms with van der Waals surface area (Å²) < 4.78 is 5.07. The Morgan fingerprint density at radius 3 is 2.80 bits per heavy atom. The molecular formula is C21H27N5O4. The number of carbonyl (C=O) groups is 2. The van der Waals surface area contributed by atoms with Gasteiger partial charge in [-0.05, 0) is 51.2 Å². The number of nitrogens with zero attached hydrogens (tertiary/aromatic N) is 3. The molecule has 2 fully saturated rings. The number of hydrogen-bond acceptors (Lipinski definition) is 5. The second kappa shape index (κ2) is 7.97. The SMILES string of the molecule is COc1ccc(CC(=O)Nc2cc([C@H]3CC[C@@H](N(C(=O)O)C4(C)CC4)C3)[nH]n2)nc1. The number of hydrogen-bond donors (Lipinski definition) is 3. The Morgan fingerprint density at radius 2 is 2.17 bits per heavy atom. The standard InChI is InChI=1S/C21H27N5O4/c1-21(7-8-21)26(20(28)29)15-5-3-13(9-15)17-11-18(25-24-17)23-19(27)10-14-4-6-16(30-2)12-22-14/h4,6,11-13,15H,3,5,7-10H2,1-2H3,(H,28,29)(H2,23,24,25,27)/t13-,15+/m0/s1. The second-order valence-electron chi connectivity index (χ2n) is 8.44. The number of aromatic nitrogens is 3. The van der Waals surface area contributed by atoms with Gasteiger partial charge in [0.25, 0.3) is 0 Å². The number of carbonyl (C=O) groups excluding carboxylic acids is 1. The lowest BCUT2D eigenvalue weighted by Crippen LogP contribution is -2.45. The Bertz CT molecular complexity index is 922. The summed E-state index contributed by atoms with van der Waals surface area (Å²) >= 11 is 0. The first-order valence-electron chi connectivity index (χ1n) is 10.2. The summed E-state index contributed by atoms with van der Waals surface area (Å²) in [5.41, 5.74) is 1.38. The minimum Gasteiger partial charge on any atom is -0.495 e. The molecule has 0 aromatic carbocycles. The van der Waals surface area contributed by atoms with E-state index in [9.17, 15) is 14.7 Å². The van der Waals surface area contributed by atoms with Crippen LogP contribution < -0.4 is 10.1 Å². The van der Waals surface area contributed by atoms with E-state index in [1.807, 2.05) is 13.0 Å². The summed E-state index contributed by atoms with van der Waals surface area (Å²) in [5.74, 6) is 1.12. The van der Waals surface area contributed by atoms with Gasteiger partial charge in [-0.25, -0.2) is 4.79 Å². The number of anilines is 1. The number of H-pyrrole nitrogens is 1. The summed E-state index contributed by atoms with van der Waals surface area (Å²) in [6.07, 6.45) is 5.27. The van der Waals surface area contributed by atoms with Crippen LogP contribution in [0.25, 0.3) is 0 Å². The van der Waals surface area contributed by atoms with Crippen LogP contribution in [-0.2, 0) is 11.2 Å². The largest absolute Gasteiger partial charge is 0.495 e. The molecular weight excluding hydrogens is 386 g/mol. The number of ether oxygens (including phenoxy) is 1. The fraction of sp³-hybridized carbons (Fsp3) is 0.524. The van der Waals surface area contributed by atoms with Gasteiger partial charge in [0.15, 0.2) is 5.82 Å². The molecule has 9 heteroatoms. The first-order valence-corrected chi connectivity index (χ1v) is 10.2. The van der Waals surface area contributed by atoms with Crippen molar-refractivity contribution in [3.63, 3.8) is 0 Å². The molecule has 2 saturated carbocycles. The number of pyridine rings is 1. The van der Waals surface area contributed by atoms with Gasteiger partial charge < -0.3 is 15.2 Å². The van der Waals surface area contributed by atoms with Crippen LogP contribution in [0.3, 0.4) is 0 Å². The minimum atomic E-state index is -0.828. The molecule has 2 atom stereocenters. The Hall–Kier alpha value is -3.10. The topological polar surface area (TPSA) is 120 Å². The third kappa shape index (κ3) is 4.24. The maximum absolute atomic E-state index is 12.3. The van der Waals surface area contributed by atoms with Crippen molar-refractivity contribution in [1.29, 1.82) is 0 Å². The molecule has 2 amide bonds. The van der Waals surface area contributed by atoms with Crippen molar-refractivity contribution in [2.75, 3.05) is 12.4 Å². The highest BCUT2D eigenvalue weighted by Crippen LogP contribution is 2.47. The molecule has 9 nitrogen and oxygen atoms in total. The predicted molar refractivity (Wildman–Crippen MR) is 110 cm³/mol.